The van der Waals surface area contributed by atoms with Gasteiger partial charge in [-0.15, -0.1) is 0 Å². The van der Waals surface area contributed by atoms with Crippen LogP contribution in [0.25, 0.3) is 83.7 Å². The number of fused-ring (bicyclic) bond motifs is 6. The maximum atomic E-state index is 17.2. The quantitative estimate of drug-likeness (QED) is 0.0652. The minimum Gasteiger partial charge on any atom is -0.507 e. The number of phenols is 3. The summed E-state index contributed by atoms with van der Waals surface area (Å²) in [5.74, 6) is -11.4. The number of carbonyl (C=O) groups excluding carboxylic acids is 4. The number of amides is 4. The van der Waals surface area contributed by atoms with Gasteiger partial charge in [0, 0.05) is 84.0 Å². The molecule has 0 aliphatic carbocycles. The molecular weight excluding hydrogens is 1690 g/mol. The summed E-state index contributed by atoms with van der Waals surface area (Å²) in [4.78, 5) is 140. The number of anilines is 5. The number of hydrogen-bond donors (Lipinski definition) is 4. The van der Waals surface area contributed by atoms with E-state index >= 15 is 30.7 Å². The first-order valence-corrected chi connectivity index (χ1v) is 41.8. The molecule has 12 aromatic rings. The molecule has 37 heteroatoms. The summed E-state index contributed by atoms with van der Waals surface area (Å²) >= 11 is 0. The number of aromatic nitrogens is 11. The zero-order chi connectivity index (χ0) is 93.1. The first-order valence-electron chi connectivity index (χ1n) is 41.8. The van der Waals surface area contributed by atoms with Gasteiger partial charge in [0.15, 0.2) is 40.3 Å². The van der Waals surface area contributed by atoms with Gasteiger partial charge in [-0.1, -0.05) is 79.5 Å². The van der Waals surface area contributed by atoms with Crippen molar-refractivity contribution in [1.29, 1.82) is 0 Å². The predicted molar refractivity (Wildman–Crippen MR) is 474 cm³/mol. The molecule has 18 rings (SSSR count). The van der Waals surface area contributed by atoms with Crippen molar-refractivity contribution in [3.8, 4) is 73.7 Å². The van der Waals surface area contributed by atoms with E-state index < -0.39 is 150 Å². The average Bonchev–Trinajstić information content (AvgIpc) is 1.36. The third-order valence-electron chi connectivity index (χ3n) is 24.3. The molecule has 30 nitrogen and oxygen atoms in total. The number of rotatable bonds is 12. The highest BCUT2D eigenvalue weighted by molar-refractivity contribution is 6.15. The molecule has 670 valence electrons. The Hall–Kier alpha value is -14.9. The van der Waals surface area contributed by atoms with Crippen LogP contribution in [0.5, 0.6) is 23.0 Å². The number of carbonyl (C=O) groups is 4. The Balaban J connectivity index is 0.000000143. The van der Waals surface area contributed by atoms with Gasteiger partial charge in [0.25, 0.3) is 5.91 Å². The Kier molecular flexibility index (Phi) is 23.4. The Bertz CT molecular complexity index is 6700. The van der Waals surface area contributed by atoms with Crippen molar-refractivity contribution < 1.29 is 70.0 Å². The number of aryl methyl sites for hydroxylation is 3. The molecule has 0 bridgehead atoms. The number of nitrogens with zero attached hydrogens (tertiary/aromatic N) is 18. The Morgan fingerprint density at radius 2 is 0.915 bits per heavy atom. The zero-order valence-corrected chi connectivity index (χ0v) is 72.4. The van der Waals surface area contributed by atoms with Crippen LogP contribution < -0.4 is 46.7 Å². The largest absolute Gasteiger partial charge is 0.507 e. The SMILES string of the molecule is C=CC(=O)N1CC2C(=O)N(C)c3c(F)c(-c4c(O)cccc4F)c(F)c4c3c(nc(=O)n4-c3c(C)ccnc3C(C)C)N2CC1C.C=CC(=O)N1CCN2c3nc(=O)n(-c4c(C)ccnc4C(C)C)c4nc(-c5c(O)cccc5F)c(F)c(c34)NCC2C1.C=CC(=O)N1CCN2c3nc(=O)n(-c4c(C)ccnc4C(C)C)c4nc(-c5c(O)cccc5F)c(F)c(c34)OCC2C1. The fourth-order valence-corrected chi connectivity index (χ4v) is 18.1. The molecule has 0 radical (unpaired) electrons. The van der Waals surface area contributed by atoms with Crippen molar-refractivity contribution in [2.75, 3.05) is 97.5 Å². The van der Waals surface area contributed by atoms with Crippen molar-refractivity contribution in [2.45, 2.75) is 111 Å². The number of nitrogens with one attached hydrogen (secondary N) is 1. The van der Waals surface area contributed by atoms with Crippen LogP contribution >= 0.6 is 0 Å². The van der Waals surface area contributed by atoms with E-state index in [2.05, 4.69) is 64.9 Å². The molecular formula is C93H88F7N19O11. The van der Waals surface area contributed by atoms with Crippen LogP contribution in [0.4, 0.5) is 59.6 Å². The van der Waals surface area contributed by atoms with Gasteiger partial charge in [-0.3, -0.25) is 38.7 Å². The standard InChI is InChI=1S/C33H31F3N6O4.C30H29F2N7O3.C30H28F2N6O4/c1-7-21(44)40-14-19-32(45)39(6)29-24-30(26(36)23(25(29)35)22-18(34)9-8-10-20(22)43)42(28-16(4)11-12-37-27(28)15(2)3)33(46)38-31(24)41(19)13-17(40)5;1-5-20(41)37-11-12-38-17(14-37)13-34-25-22-28(38)36-30(42)39(27-16(4)9-10-33-24(27)15(2)3)29(22)35-26(23(25)32)21-18(31)7-6-8-19(21)40;1-5-20(40)36-11-12-37-17(13-36)14-42-27-22-28(37)35-30(41)38(26-16(4)9-10-33-24(26)15(2)3)29(22)34-25(23(27)32)21-18(31)7-6-8-19(21)39/h7-12,15,17,19,43H,1,13-14H2,2-6H3;5-10,15,17,34,40H,1,11-14H2,2-4H3;5-10,15,17,39H,1,11-14H2,2-4H3. The van der Waals surface area contributed by atoms with Gasteiger partial charge in [0.2, 0.25) is 17.7 Å². The number of pyridine rings is 5. The molecule has 4 amide bonds. The maximum Gasteiger partial charge on any atom is 0.355 e. The van der Waals surface area contributed by atoms with E-state index in [-0.39, 0.29) is 137 Å². The molecule has 3 fully saturated rings. The normalized spacial score (nSPS) is 16.8. The number of phenolic OH excluding ortho intramolecular Hbond substituents is 3. The van der Waals surface area contributed by atoms with Gasteiger partial charge < -0.3 is 59.7 Å². The van der Waals surface area contributed by atoms with Gasteiger partial charge >= 0.3 is 17.1 Å². The summed E-state index contributed by atoms with van der Waals surface area (Å²) in [7, 11) is 1.28. The molecule has 4 unspecified atom stereocenters. The first-order chi connectivity index (χ1) is 62.0. The third-order valence-corrected chi connectivity index (χ3v) is 24.3. The lowest BCUT2D eigenvalue weighted by atomic mass is 9.97. The topological polar surface area (TPSA) is 342 Å². The van der Waals surface area contributed by atoms with E-state index in [0.29, 0.717) is 71.3 Å². The van der Waals surface area contributed by atoms with Crippen LogP contribution in [0.15, 0.2) is 144 Å². The maximum absolute atomic E-state index is 17.2. The number of likely N-dealkylation sites (N-methyl/N-ethyl adjacent to an activating group) is 1. The molecule has 4 atom stereocenters. The van der Waals surface area contributed by atoms with Crippen LogP contribution in [0.2, 0.25) is 0 Å². The number of benzene rings is 4. The first kappa shape index (κ1) is 88.5. The number of hydrogen-bond acceptors (Lipinski definition) is 23. The highest BCUT2D eigenvalue weighted by Gasteiger charge is 2.48. The van der Waals surface area contributed by atoms with E-state index in [4.69, 9.17) is 4.74 Å². The van der Waals surface area contributed by atoms with Gasteiger partial charge in [-0.2, -0.15) is 15.0 Å². The number of piperazine rings is 3. The lowest BCUT2D eigenvalue weighted by molar-refractivity contribution is -0.131. The number of ether oxygens (including phenoxy) is 1. The van der Waals surface area contributed by atoms with Crippen LogP contribution in [0.1, 0.15) is 100.0 Å². The summed E-state index contributed by atoms with van der Waals surface area (Å²) in [6.07, 6.45) is 8.41. The second-order valence-electron chi connectivity index (χ2n) is 33.3. The van der Waals surface area contributed by atoms with Crippen molar-refractivity contribution in [1.82, 2.24) is 68.3 Å². The van der Waals surface area contributed by atoms with Crippen molar-refractivity contribution in [2.24, 2.45) is 0 Å². The second kappa shape index (κ2) is 34.3. The average molecular weight is 1780 g/mol. The van der Waals surface area contributed by atoms with Crippen LogP contribution in [0, 0.1) is 61.5 Å². The second-order valence-corrected chi connectivity index (χ2v) is 33.3. The van der Waals surface area contributed by atoms with Crippen LogP contribution in [-0.4, -0.2) is 204 Å². The lowest BCUT2D eigenvalue weighted by Gasteiger charge is -2.44. The van der Waals surface area contributed by atoms with E-state index in [1.807, 2.05) is 65.2 Å². The highest BCUT2D eigenvalue weighted by Crippen LogP contribution is 2.51. The molecule has 14 heterocycles. The molecule has 8 aromatic heterocycles. The molecule has 0 saturated carbocycles. The molecule has 130 heavy (non-hydrogen) atoms. The van der Waals surface area contributed by atoms with Crippen LogP contribution in [-0.2, 0) is 19.2 Å². The van der Waals surface area contributed by atoms with E-state index in [9.17, 15) is 48.9 Å². The van der Waals surface area contributed by atoms with Crippen molar-refractivity contribution >= 4 is 85.4 Å². The number of halogens is 7. The Morgan fingerprint density at radius 3 is 1.39 bits per heavy atom. The van der Waals surface area contributed by atoms with Crippen molar-refractivity contribution in [3.63, 3.8) is 0 Å². The van der Waals surface area contributed by atoms with Gasteiger partial charge in [-0.05, 0) is 135 Å². The fraction of sp³-hybridized carbons (Fsp3) is 0.301. The third kappa shape index (κ3) is 14.7. The van der Waals surface area contributed by atoms with Gasteiger partial charge in [0.05, 0.1) is 97.2 Å². The summed E-state index contributed by atoms with van der Waals surface area (Å²) in [5, 5.41) is 35.1. The van der Waals surface area contributed by atoms with Crippen LogP contribution in [0.3, 0.4) is 0 Å². The molecule has 4 aromatic carbocycles. The summed E-state index contributed by atoms with van der Waals surface area (Å²) in [5.41, 5.74) is -2.27. The van der Waals surface area contributed by atoms with Crippen molar-refractivity contribution in [3.05, 3.63) is 235 Å². The van der Waals surface area contributed by atoms with E-state index in [1.165, 1.54) is 68.5 Å². The predicted octanol–water partition coefficient (Wildman–Crippen LogP) is 12.3. The molecule has 3 saturated heterocycles. The monoisotopic (exact) mass is 1780 g/mol. The zero-order valence-electron chi connectivity index (χ0n) is 72.4. The van der Waals surface area contributed by atoms with E-state index in [0.717, 1.165) is 39.8 Å². The van der Waals surface area contributed by atoms with Gasteiger partial charge in [0.1, 0.15) is 87.1 Å². The minimum atomic E-state index is -1.34. The molecule has 6 aliphatic rings. The Morgan fingerprint density at radius 1 is 0.485 bits per heavy atom. The molecule has 4 N–H and O–H groups in total. The van der Waals surface area contributed by atoms with E-state index in [1.54, 1.807) is 60.4 Å². The minimum absolute atomic E-state index is 0.00290. The Labute approximate surface area is 737 Å². The lowest BCUT2D eigenvalue weighted by Crippen LogP contribution is -2.63. The smallest absolute Gasteiger partial charge is 0.355 e. The number of aromatic hydroxyl groups is 3. The van der Waals surface area contributed by atoms with Gasteiger partial charge in [-0.25, -0.2) is 64.2 Å². The highest BCUT2D eigenvalue weighted by atomic mass is 19.2. The fourth-order valence-electron chi connectivity index (χ4n) is 18.1. The summed E-state index contributed by atoms with van der Waals surface area (Å²) in [6, 6.07) is 13.1. The molecule has 0 spiro atoms. The summed E-state index contributed by atoms with van der Waals surface area (Å²) in [6.45, 7) is 30.9. The molecule has 6 aliphatic heterocycles. The summed E-state index contributed by atoms with van der Waals surface area (Å²) < 4.78 is 122.